The minimum Gasteiger partial charge on any atom is -0.493 e. The molecule has 1 aliphatic rings. The number of aromatic amines is 1. The van der Waals surface area contributed by atoms with E-state index in [4.69, 9.17) is 25.8 Å². The maximum Gasteiger partial charge on any atom is 0.253 e. The number of hydrogen-bond acceptors (Lipinski definition) is 6. The van der Waals surface area contributed by atoms with E-state index in [1.807, 2.05) is 30.3 Å². The van der Waals surface area contributed by atoms with Crippen LogP contribution in [0.1, 0.15) is 5.56 Å². The second kappa shape index (κ2) is 8.85. The zero-order chi connectivity index (χ0) is 21.1. The van der Waals surface area contributed by atoms with Crippen LogP contribution in [-0.4, -0.2) is 45.5 Å². The molecule has 7 nitrogen and oxygen atoms in total. The molecule has 2 aromatic carbocycles. The van der Waals surface area contributed by atoms with Gasteiger partial charge in [0, 0.05) is 42.3 Å². The predicted molar refractivity (Wildman–Crippen MR) is 119 cm³/mol. The van der Waals surface area contributed by atoms with Crippen molar-refractivity contribution in [2.75, 3.05) is 50.7 Å². The van der Waals surface area contributed by atoms with Gasteiger partial charge in [0.05, 0.1) is 43.7 Å². The fourth-order valence-electron chi connectivity index (χ4n) is 3.58. The number of rotatable bonds is 6. The molecule has 2 N–H and O–H groups in total. The molecule has 0 radical (unpaired) electrons. The summed E-state index contributed by atoms with van der Waals surface area (Å²) < 4.78 is 16.1. The Morgan fingerprint density at radius 1 is 1.10 bits per heavy atom. The predicted octanol–water partition coefficient (Wildman–Crippen LogP) is 3.65. The molecule has 0 unspecified atom stereocenters. The summed E-state index contributed by atoms with van der Waals surface area (Å²) >= 11 is 6.50. The van der Waals surface area contributed by atoms with E-state index in [2.05, 4.69) is 15.2 Å². The van der Waals surface area contributed by atoms with Crippen LogP contribution in [0, 0.1) is 0 Å². The number of aromatic nitrogens is 1. The molecule has 0 bridgehead atoms. The topological polar surface area (TPSA) is 75.8 Å². The number of halogens is 1. The SMILES string of the molecule is COc1cc2cc(CNc3ccc(N4CCOCC4)c(Cl)c3)c(=O)[nH]c2cc1OC. The molecule has 1 aliphatic heterocycles. The summed E-state index contributed by atoms with van der Waals surface area (Å²) in [6.45, 7) is 3.43. The molecule has 0 spiro atoms. The Hall–Kier alpha value is -2.90. The van der Waals surface area contributed by atoms with Gasteiger partial charge in [-0.3, -0.25) is 4.79 Å². The Bertz CT molecular complexity index is 1110. The molecule has 30 heavy (non-hydrogen) atoms. The van der Waals surface area contributed by atoms with Gasteiger partial charge in [0.15, 0.2) is 11.5 Å². The fraction of sp³-hybridized carbons (Fsp3) is 0.318. The number of benzene rings is 2. The average molecular weight is 430 g/mol. The van der Waals surface area contributed by atoms with E-state index < -0.39 is 0 Å². The summed E-state index contributed by atoms with van der Waals surface area (Å²) in [5, 5.41) is 4.82. The molecule has 2 heterocycles. The Kier molecular flexibility index (Phi) is 6.01. The Labute approximate surface area is 179 Å². The third-order valence-corrected chi connectivity index (χ3v) is 5.51. The summed E-state index contributed by atoms with van der Waals surface area (Å²) in [7, 11) is 3.15. The van der Waals surface area contributed by atoms with E-state index in [9.17, 15) is 4.79 Å². The van der Waals surface area contributed by atoms with Crippen LogP contribution in [0.5, 0.6) is 11.5 Å². The van der Waals surface area contributed by atoms with Gasteiger partial charge >= 0.3 is 0 Å². The standard InChI is InChI=1S/C22H24ClN3O4/c1-28-20-10-14-9-15(22(27)25-18(14)12-21(20)29-2)13-24-16-3-4-19(17(23)11-16)26-5-7-30-8-6-26/h3-4,9-12,24H,5-8,13H2,1-2H3,(H,25,27). The van der Waals surface area contributed by atoms with Gasteiger partial charge in [0.1, 0.15) is 0 Å². The van der Waals surface area contributed by atoms with Crippen LogP contribution >= 0.6 is 11.6 Å². The fourth-order valence-corrected chi connectivity index (χ4v) is 3.88. The minimum absolute atomic E-state index is 0.154. The molecule has 0 amide bonds. The molecule has 4 rings (SSSR count). The lowest BCUT2D eigenvalue weighted by atomic mass is 10.1. The summed E-state index contributed by atoms with van der Waals surface area (Å²) in [4.78, 5) is 17.6. The molecule has 8 heteroatoms. The lowest BCUT2D eigenvalue weighted by Crippen LogP contribution is -2.36. The zero-order valence-electron chi connectivity index (χ0n) is 17.0. The van der Waals surface area contributed by atoms with Crippen LogP contribution in [0.4, 0.5) is 11.4 Å². The lowest BCUT2D eigenvalue weighted by molar-refractivity contribution is 0.122. The monoisotopic (exact) mass is 429 g/mol. The average Bonchev–Trinajstić information content (AvgIpc) is 2.77. The molecule has 1 aromatic heterocycles. The zero-order valence-corrected chi connectivity index (χ0v) is 17.7. The van der Waals surface area contributed by atoms with Crippen molar-refractivity contribution < 1.29 is 14.2 Å². The van der Waals surface area contributed by atoms with Gasteiger partial charge in [0.25, 0.3) is 5.56 Å². The van der Waals surface area contributed by atoms with Crippen LogP contribution in [-0.2, 0) is 11.3 Å². The summed E-state index contributed by atoms with van der Waals surface area (Å²) in [6.07, 6.45) is 0. The highest BCUT2D eigenvalue weighted by atomic mass is 35.5. The van der Waals surface area contributed by atoms with Crippen LogP contribution in [0.25, 0.3) is 10.9 Å². The Morgan fingerprint density at radius 2 is 1.83 bits per heavy atom. The van der Waals surface area contributed by atoms with Crippen LogP contribution in [0.2, 0.25) is 5.02 Å². The van der Waals surface area contributed by atoms with Gasteiger partial charge < -0.3 is 29.4 Å². The number of nitrogens with one attached hydrogen (secondary N) is 2. The number of anilines is 2. The van der Waals surface area contributed by atoms with E-state index in [-0.39, 0.29) is 5.56 Å². The van der Waals surface area contributed by atoms with Crippen LogP contribution in [0.3, 0.4) is 0 Å². The van der Waals surface area contributed by atoms with Crippen molar-refractivity contribution in [2.45, 2.75) is 6.54 Å². The van der Waals surface area contributed by atoms with Gasteiger partial charge in [-0.15, -0.1) is 0 Å². The first-order chi connectivity index (χ1) is 14.6. The van der Waals surface area contributed by atoms with Crippen molar-refractivity contribution in [3.8, 4) is 11.5 Å². The van der Waals surface area contributed by atoms with Crippen LogP contribution < -0.4 is 25.2 Å². The maximum atomic E-state index is 12.5. The first-order valence-corrected chi connectivity index (χ1v) is 10.1. The third kappa shape index (κ3) is 4.17. The number of fused-ring (bicyclic) bond motifs is 1. The van der Waals surface area contributed by atoms with Crippen LogP contribution in [0.15, 0.2) is 41.2 Å². The third-order valence-electron chi connectivity index (χ3n) is 5.21. The molecule has 1 fully saturated rings. The van der Waals surface area contributed by atoms with Crippen molar-refractivity contribution in [3.63, 3.8) is 0 Å². The van der Waals surface area contributed by atoms with E-state index in [1.54, 1.807) is 20.3 Å². The van der Waals surface area contributed by atoms with Crippen molar-refractivity contribution in [1.82, 2.24) is 4.98 Å². The van der Waals surface area contributed by atoms with Gasteiger partial charge in [-0.05, 0) is 30.3 Å². The molecular weight excluding hydrogens is 406 g/mol. The Balaban J connectivity index is 1.53. The van der Waals surface area contributed by atoms with Crippen molar-refractivity contribution in [3.05, 3.63) is 57.3 Å². The number of pyridine rings is 1. The number of methoxy groups -OCH3 is 2. The second-order valence-corrected chi connectivity index (χ2v) is 7.44. The largest absolute Gasteiger partial charge is 0.493 e. The quantitative estimate of drug-likeness (QED) is 0.623. The Morgan fingerprint density at radius 3 is 2.53 bits per heavy atom. The number of morpholine rings is 1. The van der Waals surface area contributed by atoms with E-state index in [0.29, 0.717) is 47.4 Å². The molecule has 0 saturated carbocycles. The molecule has 1 saturated heterocycles. The number of nitrogens with zero attached hydrogens (tertiary/aromatic N) is 1. The van der Waals surface area contributed by atoms with Gasteiger partial charge in [-0.25, -0.2) is 0 Å². The summed E-state index contributed by atoms with van der Waals surface area (Å²) in [5.74, 6) is 1.18. The summed E-state index contributed by atoms with van der Waals surface area (Å²) in [6, 6.07) is 11.3. The van der Waals surface area contributed by atoms with Crippen molar-refractivity contribution in [2.24, 2.45) is 0 Å². The van der Waals surface area contributed by atoms with E-state index in [0.717, 1.165) is 29.9 Å². The lowest BCUT2D eigenvalue weighted by Gasteiger charge is -2.29. The first kappa shape index (κ1) is 20.4. The molecule has 0 aliphatic carbocycles. The minimum atomic E-state index is -0.154. The number of H-pyrrole nitrogens is 1. The first-order valence-electron chi connectivity index (χ1n) is 9.73. The second-order valence-electron chi connectivity index (χ2n) is 7.04. The van der Waals surface area contributed by atoms with E-state index in [1.165, 1.54) is 0 Å². The number of ether oxygens (including phenoxy) is 3. The molecule has 158 valence electrons. The highest BCUT2D eigenvalue weighted by Crippen LogP contribution is 2.32. The smallest absolute Gasteiger partial charge is 0.253 e. The normalized spacial score (nSPS) is 14.0. The van der Waals surface area contributed by atoms with Gasteiger partial charge in [0.2, 0.25) is 0 Å². The van der Waals surface area contributed by atoms with Crippen molar-refractivity contribution >= 4 is 33.9 Å². The summed E-state index contributed by atoms with van der Waals surface area (Å²) in [5.41, 5.74) is 3.00. The number of hydrogen-bond donors (Lipinski definition) is 2. The van der Waals surface area contributed by atoms with Gasteiger partial charge in [-0.2, -0.15) is 0 Å². The van der Waals surface area contributed by atoms with E-state index >= 15 is 0 Å². The van der Waals surface area contributed by atoms with Crippen molar-refractivity contribution in [1.29, 1.82) is 0 Å². The maximum absolute atomic E-state index is 12.5. The molecule has 3 aromatic rings. The highest BCUT2D eigenvalue weighted by molar-refractivity contribution is 6.33. The molecular formula is C22H24ClN3O4. The molecule has 0 atom stereocenters. The highest BCUT2D eigenvalue weighted by Gasteiger charge is 2.15. The van der Waals surface area contributed by atoms with Gasteiger partial charge in [-0.1, -0.05) is 11.6 Å².